The molecule has 1 fully saturated rings. The van der Waals surface area contributed by atoms with Crippen LogP contribution in [0.3, 0.4) is 0 Å². The Labute approximate surface area is 113 Å². The quantitative estimate of drug-likeness (QED) is 0.818. The van der Waals surface area contributed by atoms with E-state index < -0.39 is 0 Å². The van der Waals surface area contributed by atoms with Gasteiger partial charge in [-0.05, 0) is 41.0 Å². The second-order valence-electron chi connectivity index (χ2n) is 6.78. The highest BCUT2D eigenvalue weighted by molar-refractivity contribution is 4.83. The summed E-state index contributed by atoms with van der Waals surface area (Å²) in [4.78, 5) is 2.61. The average Bonchev–Trinajstić information content (AvgIpc) is 2.21. The standard InChI is InChI=1S/C15H32N2O/c1-7-8-14(9-16-15(4,5)6)17-10-12(2)18-13(3)11-17/h12-14,16H,7-11H2,1-6H3/t12-,13+,14?. The van der Waals surface area contributed by atoms with Gasteiger partial charge in [0.2, 0.25) is 0 Å². The predicted octanol–water partition coefficient (Wildman–Crippen LogP) is 2.65. The van der Waals surface area contributed by atoms with Gasteiger partial charge >= 0.3 is 0 Å². The monoisotopic (exact) mass is 256 g/mol. The maximum absolute atomic E-state index is 5.83. The molecule has 3 heteroatoms. The van der Waals surface area contributed by atoms with Gasteiger partial charge in [-0.15, -0.1) is 0 Å². The Bertz CT molecular complexity index is 227. The van der Waals surface area contributed by atoms with E-state index >= 15 is 0 Å². The molecule has 0 aliphatic carbocycles. The molecule has 1 aliphatic rings. The predicted molar refractivity (Wildman–Crippen MR) is 78.0 cm³/mol. The third-order valence-corrected chi connectivity index (χ3v) is 3.45. The fourth-order valence-corrected chi connectivity index (χ4v) is 2.69. The molecule has 3 atom stereocenters. The van der Waals surface area contributed by atoms with E-state index in [1.807, 2.05) is 0 Å². The van der Waals surface area contributed by atoms with E-state index in [1.54, 1.807) is 0 Å². The molecular weight excluding hydrogens is 224 g/mol. The van der Waals surface area contributed by atoms with Crippen LogP contribution in [0.2, 0.25) is 0 Å². The molecule has 1 saturated heterocycles. The van der Waals surface area contributed by atoms with Crippen LogP contribution >= 0.6 is 0 Å². The van der Waals surface area contributed by atoms with Crippen molar-refractivity contribution in [3.63, 3.8) is 0 Å². The van der Waals surface area contributed by atoms with Crippen molar-refractivity contribution in [1.82, 2.24) is 10.2 Å². The van der Waals surface area contributed by atoms with Crippen LogP contribution in [0.5, 0.6) is 0 Å². The molecule has 18 heavy (non-hydrogen) atoms. The van der Waals surface area contributed by atoms with Crippen molar-refractivity contribution >= 4 is 0 Å². The van der Waals surface area contributed by atoms with Crippen molar-refractivity contribution in [1.29, 1.82) is 0 Å². The van der Waals surface area contributed by atoms with E-state index in [-0.39, 0.29) is 5.54 Å². The van der Waals surface area contributed by atoms with Gasteiger partial charge in [0.25, 0.3) is 0 Å². The van der Waals surface area contributed by atoms with Crippen molar-refractivity contribution in [3.8, 4) is 0 Å². The maximum Gasteiger partial charge on any atom is 0.0678 e. The summed E-state index contributed by atoms with van der Waals surface area (Å²) in [5.74, 6) is 0. The van der Waals surface area contributed by atoms with Crippen LogP contribution in [0.4, 0.5) is 0 Å². The van der Waals surface area contributed by atoms with Gasteiger partial charge in [0.1, 0.15) is 0 Å². The van der Waals surface area contributed by atoms with Gasteiger partial charge in [-0.1, -0.05) is 13.3 Å². The van der Waals surface area contributed by atoms with Crippen LogP contribution in [0.25, 0.3) is 0 Å². The summed E-state index contributed by atoms with van der Waals surface area (Å²) >= 11 is 0. The Hall–Kier alpha value is -0.120. The SMILES string of the molecule is CCCC(CNC(C)(C)C)N1C[C@@H](C)O[C@@H](C)C1. The number of hydrogen-bond donors (Lipinski definition) is 1. The van der Waals surface area contributed by atoms with Crippen molar-refractivity contribution in [3.05, 3.63) is 0 Å². The minimum atomic E-state index is 0.204. The second kappa shape index (κ2) is 6.88. The third-order valence-electron chi connectivity index (χ3n) is 3.45. The summed E-state index contributed by atoms with van der Waals surface area (Å²) in [7, 11) is 0. The van der Waals surface area contributed by atoms with Gasteiger partial charge < -0.3 is 10.1 Å². The fourth-order valence-electron chi connectivity index (χ4n) is 2.69. The minimum absolute atomic E-state index is 0.204. The van der Waals surface area contributed by atoms with E-state index in [9.17, 15) is 0 Å². The van der Waals surface area contributed by atoms with Crippen molar-refractivity contribution in [2.45, 2.75) is 78.2 Å². The lowest BCUT2D eigenvalue weighted by molar-refractivity contribution is -0.0813. The largest absolute Gasteiger partial charge is 0.373 e. The number of ether oxygens (including phenoxy) is 1. The Morgan fingerprint density at radius 2 is 1.78 bits per heavy atom. The zero-order chi connectivity index (χ0) is 13.8. The smallest absolute Gasteiger partial charge is 0.0678 e. The summed E-state index contributed by atoms with van der Waals surface area (Å²) in [5, 5.41) is 3.65. The van der Waals surface area contributed by atoms with E-state index in [0.717, 1.165) is 19.6 Å². The first-order chi connectivity index (χ1) is 8.31. The lowest BCUT2D eigenvalue weighted by Gasteiger charge is -2.41. The topological polar surface area (TPSA) is 24.5 Å². The Kier molecular flexibility index (Phi) is 6.09. The summed E-state index contributed by atoms with van der Waals surface area (Å²) in [6, 6.07) is 0.642. The first kappa shape index (κ1) is 15.9. The molecule has 3 nitrogen and oxygen atoms in total. The maximum atomic E-state index is 5.83. The molecule has 0 spiro atoms. The van der Waals surface area contributed by atoms with Crippen LogP contribution in [0.15, 0.2) is 0 Å². The van der Waals surface area contributed by atoms with Gasteiger partial charge in [0, 0.05) is 31.2 Å². The summed E-state index contributed by atoms with van der Waals surface area (Å²) in [6.07, 6.45) is 3.24. The van der Waals surface area contributed by atoms with Gasteiger partial charge in [-0.3, -0.25) is 4.90 Å². The third kappa shape index (κ3) is 5.68. The first-order valence-electron chi connectivity index (χ1n) is 7.46. The zero-order valence-electron chi connectivity index (χ0n) is 13.1. The van der Waals surface area contributed by atoms with Gasteiger partial charge in [-0.25, -0.2) is 0 Å². The van der Waals surface area contributed by atoms with Gasteiger partial charge in [-0.2, -0.15) is 0 Å². The van der Waals surface area contributed by atoms with Crippen LogP contribution in [-0.2, 0) is 4.74 Å². The lowest BCUT2D eigenvalue weighted by atomic mass is 10.0. The fraction of sp³-hybridized carbons (Fsp3) is 1.00. The molecule has 0 aromatic carbocycles. The highest BCUT2D eigenvalue weighted by Gasteiger charge is 2.28. The van der Waals surface area contributed by atoms with Crippen molar-refractivity contribution < 1.29 is 4.74 Å². The van der Waals surface area contributed by atoms with Crippen LogP contribution in [-0.4, -0.2) is 48.3 Å². The number of morpholine rings is 1. The molecule has 1 unspecified atom stereocenters. The molecular formula is C15H32N2O. The summed E-state index contributed by atoms with van der Waals surface area (Å²) < 4.78 is 5.83. The highest BCUT2D eigenvalue weighted by Crippen LogP contribution is 2.16. The van der Waals surface area contributed by atoms with Gasteiger partial charge in [0.15, 0.2) is 0 Å². The molecule has 0 aromatic heterocycles. The zero-order valence-corrected chi connectivity index (χ0v) is 13.1. The Morgan fingerprint density at radius 3 is 2.22 bits per heavy atom. The Morgan fingerprint density at radius 1 is 1.22 bits per heavy atom. The summed E-state index contributed by atoms with van der Waals surface area (Å²) in [5.41, 5.74) is 0.204. The van der Waals surface area contributed by atoms with Crippen molar-refractivity contribution in [2.24, 2.45) is 0 Å². The molecule has 0 radical (unpaired) electrons. The van der Waals surface area contributed by atoms with Crippen molar-refractivity contribution in [2.75, 3.05) is 19.6 Å². The number of rotatable bonds is 5. The summed E-state index contributed by atoms with van der Waals surface area (Å²) in [6.45, 7) is 16.6. The van der Waals surface area contributed by atoms with Gasteiger partial charge in [0.05, 0.1) is 12.2 Å². The van der Waals surface area contributed by atoms with Crippen LogP contribution < -0.4 is 5.32 Å². The molecule has 0 aromatic rings. The molecule has 0 amide bonds. The number of nitrogens with zero attached hydrogens (tertiary/aromatic N) is 1. The lowest BCUT2D eigenvalue weighted by Crippen LogP contribution is -2.54. The average molecular weight is 256 g/mol. The molecule has 1 heterocycles. The second-order valence-corrected chi connectivity index (χ2v) is 6.78. The van der Waals surface area contributed by atoms with E-state index in [2.05, 4.69) is 51.8 Å². The van der Waals surface area contributed by atoms with E-state index in [4.69, 9.17) is 4.74 Å². The van der Waals surface area contributed by atoms with E-state index in [0.29, 0.717) is 18.2 Å². The molecule has 108 valence electrons. The highest BCUT2D eigenvalue weighted by atomic mass is 16.5. The van der Waals surface area contributed by atoms with E-state index in [1.165, 1.54) is 12.8 Å². The molecule has 1 aliphatic heterocycles. The number of hydrogen-bond acceptors (Lipinski definition) is 3. The molecule has 1 rings (SSSR count). The molecule has 0 saturated carbocycles. The van der Waals surface area contributed by atoms with Crippen LogP contribution in [0, 0.1) is 0 Å². The minimum Gasteiger partial charge on any atom is -0.373 e. The molecule has 0 bridgehead atoms. The van der Waals surface area contributed by atoms with Crippen LogP contribution in [0.1, 0.15) is 54.4 Å². The normalized spacial score (nSPS) is 28.3. The number of nitrogens with one attached hydrogen (secondary N) is 1. The Balaban J connectivity index is 2.54. The first-order valence-corrected chi connectivity index (χ1v) is 7.46. The molecule has 1 N–H and O–H groups in total.